The number of carbonyl (C=O) groups excluding carboxylic acids is 4. The van der Waals surface area contributed by atoms with E-state index in [4.69, 9.17) is 37.0 Å². The normalized spacial score (nSPS) is 14.6. The molecule has 0 saturated heterocycles. The molecule has 0 saturated carbocycles. The number of unbranched alkanes of at least 4 members (excludes halogenated alkanes) is 41. The predicted octanol–water partition coefficient (Wildman–Crippen LogP) is 23.6. The molecule has 0 rings (SSSR count). The van der Waals surface area contributed by atoms with Gasteiger partial charge in [-0.05, 0) is 49.4 Å². The third-order valence-corrected chi connectivity index (χ3v) is 21.2. The van der Waals surface area contributed by atoms with Crippen LogP contribution in [0, 0.1) is 23.7 Å². The first-order valence-electron chi connectivity index (χ1n) is 41.3. The Hall–Kier alpha value is -1.94. The molecular formula is C80H156O17P2. The third kappa shape index (κ3) is 71.5. The van der Waals surface area contributed by atoms with Crippen molar-refractivity contribution in [3.8, 4) is 0 Å². The lowest BCUT2D eigenvalue weighted by atomic mass is 9.99. The van der Waals surface area contributed by atoms with Gasteiger partial charge in [0.2, 0.25) is 0 Å². The summed E-state index contributed by atoms with van der Waals surface area (Å²) < 4.78 is 68.6. The monoisotopic (exact) mass is 1450 g/mol. The standard InChI is InChI=1S/C80H156O17P2/c1-9-72(7)58-50-42-34-30-31-37-47-55-63-80(85)97-75(66-90-77(82)60-52-44-35-28-24-21-17-19-23-27-33-41-49-57-71(5)6)68-94-98(86,87)92-64-74(81)65-93-99(88,89)95-69-76(67-91-78(83)61-53-45-39-38-43-51-59-73(8)10-2)96-79(84)62-54-46-36-29-25-20-16-14-12-11-13-15-18-22-26-32-40-48-56-70(3)4/h70-76,81H,9-69H2,1-8H3,(H,86,87)(H,88,89)/t72?,73?,74-,75-,76-/m1/s1. The topological polar surface area (TPSA) is 237 Å². The average Bonchev–Trinajstić information content (AvgIpc) is 0.963. The maximum Gasteiger partial charge on any atom is 0.472 e. The number of esters is 4. The Kier molecular flexibility index (Phi) is 67.8. The number of ether oxygens (including phenoxy) is 4. The fourth-order valence-corrected chi connectivity index (χ4v) is 13.8. The van der Waals surface area contributed by atoms with Crippen LogP contribution in [0.4, 0.5) is 0 Å². The molecule has 0 fully saturated rings. The van der Waals surface area contributed by atoms with Gasteiger partial charge in [-0.1, -0.05) is 357 Å². The van der Waals surface area contributed by atoms with Crippen LogP contribution in [0.5, 0.6) is 0 Å². The SMILES string of the molecule is CCC(C)CCCCCCCCCCC(=O)O[C@H](COC(=O)CCCCCCCCCCCCCCCC(C)C)COP(=O)(O)OC[C@@H](O)COP(=O)(O)OC[C@@H](COC(=O)CCCCCCCCC(C)CC)OC(=O)CCCCCCCCCCCCCCCCCCCCC(C)C. The Morgan fingerprint density at radius 1 is 0.283 bits per heavy atom. The smallest absolute Gasteiger partial charge is 0.462 e. The van der Waals surface area contributed by atoms with E-state index >= 15 is 0 Å². The van der Waals surface area contributed by atoms with Crippen molar-refractivity contribution in [1.29, 1.82) is 0 Å². The van der Waals surface area contributed by atoms with Gasteiger partial charge in [-0.2, -0.15) is 0 Å². The maximum atomic E-state index is 13.1. The third-order valence-electron chi connectivity index (χ3n) is 19.3. The highest BCUT2D eigenvalue weighted by molar-refractivity contribution is 7.47. The number of hydrogen-bond donors (Lipinski definition) is 3. The van der Waals surface area contributed by atoms with Crippen molar-refractivity contribution >= 4 is 39.5 Å². The van der Waals surface area contributed by atoms with Crippen LogP contribution in [0.3, 0.4) is 0 Å². The summed E-state index contributed by atoms with van der Waals surface area (Å²) in [7, 11) is -9.92. The number of rotatable bonds is 77. The predicted molar refractivity (Wildman–Crippen MR) is 404 cm³/mol. The van der Waals surface area contributed by atoms with Crippen LogP contribution in [-0.2, 0) is 65.4 Å². The first-order chi connectivity index (χ1) is 47.7. The summed E-state index contributed by atoms with van der Waals surface area (Å²) in [4.78, 5) is 72.9. The van der Waals surface area contributed by atoms with Gasteiger partial charge >= 0.3 is 39.5 Å². The second-order valence-electron chi connectivity index (χ2n) is 30.2. The lowest BCUT2D eigenvalue weighted by Crippen LogP contribution is -2.30. The van der Waals surface area contributed by atoms with Crippen molar-refractivity contribution in [2.75, 3.05) is 39.6 Å². The number of phosphoric acid groups is 2. The van der Waals surface area contributed by atoms with E-state index < -0.39 is 97.5 Å². The van der Waals surface area contributed by atoms with E-state index in [9.17, 15) is 43.2 Å². The highest BCUT2D eigenvalue weighted by atomic mass is 31.2. The zero-order valence-corrected chi connectivity index (χ0v) is 66.9. The first-order valence-corrected chi connectivity index (χ1v) is 44.3. The van der Waals surface area contributed by atoms with E-state index in [0.717, 1.165) is 120 Å². The molecule has 4 unspecified atom stereocenters. The number of hydrogen-bond acceptors (Lipinski definition) is 15. The highest BCUT2D eigenvalue weighted by Crippen LogP contribution is 2.45. The van der Waals surface area contributed by atoms with Crippen LogP contribution in [0.25, 0.3) is 0 Å². The van der Waals surface area contributed by atoms with Gasteiger partial charge in [0.05, 0.1) is 26.4 Å². The van der Waals surface area contributed by atoms with E-state index in [1.165, 1.54) is 205 Å². The first kappa shape index (κ1) is 97.1. The second kappa shape index (κ2) is 69.1. The average molecular weight is 1450 g/mol. The van der Waals surface area contributed by atoms with Crippen molar-refractivity contribution in [2.45, 2.75) is 427 Å². The number of aliphatic hydroxyl groups excluding tert-OH is 1. The Labute approximate surface area is 607 Å². The molecule has 0 aliphatic rings. The van der Waals surface area contributed by atoms with E-state index in [-0.39, 0.29) is 25.7 Å². The molecule has 0 amide bonds. The van der Waals surface area contributed by atoms with Gasteiger partial charge in [0.15, 0.2) is 12.2 Å². The van der Waals surface area contributed by atoms with Gasteiger partial charge in [0, 0.05) is 25.7 Å². The lowest BCUT2D eigenvalue weighted by molar-refractivity contribution is -0.161. The van der Waals surface area contributed by atoms with Crippen molar-refractivity contribution in [3.05, 3.63) is 0 Å². The molecule has 0 aromatic carbocycles. The van der Waals surface area contributed by atoms with Crippen LogP contribution in [0.1, 0.15) is 409 Å². The largest absolute Gasteiger partial charge is 0.472 e. The lowest BCUT2D eigenvalue weighted by Gasteiger charge is -2.21. The minimum Gasteiger partial charge on any atom is -0.462 e. The van der Waals surface area contributed by atoms with Gasteiger partial charge in [0.1, 0.15) is 19.3 Å². The van der Waals surface area contributed by atoms with Gasteiger partial charge in [-0.3, -0.25) is 37.3 Å². The molecule has 17 nitrogen and oxygen atoms in total. The molecule has 19 heteroatoms. The van der Waals surface area contributed by atoms with E-state index in [2.05, 4.69) is 55.4 Å². The summed E-state index contributed by atoms with van der Waals surface area (Å²) in [5.74, 6) is 0.993. The van der Waals surface area contributed by atoms with Crippen LogP contribution in [-0.4, -0.2) is 96.7 Å². The van der Waals surface area contributed by atoms with Crippen molar-refractivity contribution in [1.82, 2.24) is 0 Å². The molecule has 3 N–H and O–H groups in total. The molecule has 0 spiro atoms. The molecular weight excluding hydrogens is 1290 g/mol. The maximum absolute atomic E-state index is 13.1. The number of aliphatic hydroxyl groups is 1. The summed E-state index contributed by atoms with van der Waals surface area (Å²) in [6.45, 7) is 14.2. The zero-order valence-electron chi connectivity index (χ0n) is 65.1. The van der Waals surface area contributed by atoms with E-state index in [0.29, 0.717) is 25.7 Å². The summed E-state index contributed by atoms with van der Waals surface area (Å²) in [5.41, 5.74) is 0. The molecule has 588 valence electrons. The molecule has 0 heterocycles. The van der Waals surface area contributed by atoms with Gasteiger partial charge in [0.25, 0.3) is 0 Å². The fourth-order valence-electron chi connectivity index (χ4n) is 12.2. The summed E-state index contributed by atoms with van der Waals surface area (Å²) >= 11 is 0. The Bertz CT molecular complexity index is 1940. The minimum absolute atomic E-state index is 0.105. The van der Waals surface area contributed by atoms with Gasteiger partial charge in [-0.15, -0.1) is 0 Å². The van der Waals surface area contributed by atoms with Crippen LogP contribution in [0.15, 0.2) is 0 Å². The summed E-state index contributed by atoms with van der Waals surface area (Å²) in [6.07, 6.45) is 55.6. The molecule has 99 heavy (non-hydrogen) atoms. The van der Waals surface area contributed by atoms with Crippen LogP contribution < -0.4 is 0 Å². The molecule has 0 radical (unpaired) electrons. The van der Waals surface area contributed by atoms with Crippen molar-refractivity contribution < 1.29 is 80.2 Å². The van der Waals surface area contributed by atoms with Crippen LogP contribution in [0.2, 0.25) is 0 Å². The summed E-state index contributed by atoms with van der Waals surface area (Å²) in [5, 5.41) is 10.6. The van der Waals surface area contributed by atoms with Crippen LogP contribution >= 0.6 is 15.6 Å². The van der Waals surface area contributed by atoms with E-state index in [1.54, 1.807) is 0 Å². The Morgan fingerprint density at radius 2 is 0.485 bits per heavy atom. The zero-order chi connectivity index (χ0) is 73.1. The number of carbonyl (C=O) groups is 4. The molecule has 0 aromatic heterocycles. The van der Waals surface area contributed by atoms with E-state index in [1.807, 2.05) is 0 Å². The molecule has 0 aliphatic heterocycles. The van der Waals surface area contributed by atoms with Crippen molar-refractivity contribution in [2.24, 2.45) is 23.7 Å². The molecule has 7 atom stereocenters. The van der Waals surface area contributed by atoms with Gasteiger partial charge in [-0.25, -0.2) is 9.13 Å². The Balaban J connectivity index is 5.19. The summed E-state index contributed by atoms with van der Waals surface area (Å²) in [6, 6.07) is 0. The minimum atomic E-state index is -4.96. The molecule has 0 bridgehead atoms. The fraction of sp³-hybridized carbons (Fsp3) is 0.950. The second-order valence-corrected chi connectivity index (χ2v) is 33.1. The number of phosphoric ester groups is 2. The molecule has 0 aromatic rings. The molecule has 0 aliphatic carbocycles. The highest BCUT2D eigenvalue weighted by Gasteiger charge is 2.30. The van der Waals surface area contributed by atoms with Crippen molar-refractivity contribution in [3.63, 3.8) is 0 Å². The quantitative estimate of drug-likeness (QED) is 0.0222. The van der Waals surface area contributed by atoms with Gasteiger partial charge < -0.3 is 33.8 Å². The Morgan fingerprint density at radius 3 is 0.717 bits per heavy atom.